The summed E-state index contributed by atoms with van der Waals surface area (Å²) in [7, 11) is 0. The highest BCUT2D eigenvalue weighted by molar-refractivity contribution is 5.92. The van der Waals surface area contributed by atoms with Crippen LogP contribution in [0.3, 0.4) is 0 Å². The van der Waals surface area contributed by atoms with Crippen LogP contribution in [0.2, 0.25) is 0 Å². The number of hydrogen-bond donors (Lipinski definition) is 7. The van der Waals surface area contributed by atoms with Crippen molar-refractivity contribution in [2.45, 2.75) is 18.1 Å². The molecule has 0 saturated heterocycles. The zero-order valence-electron chi connectivity index (χ0n) is 10.3. The molecule has 0 aromatic rings. The number of carbonyl (C=O) groups is 3. The summed E-state index contributed by atoms with van der Waals surface area (Å²) in [4.78, 5) is 33.8. The first kappa shape index (κ1) is 17.2. The molecule has 0 fully saturated rings. The van der Waals surface area contributed by atoms with E-state index in [4.69, 9.17) is 28.0 Å². The quantitative estimate of drug-likeness (QED) is 0.229. The van der Waals surface area contributed by atoms with Crippen LogP contribution in [0.5, 0.6) is 0 Å². The van der Waals surface area contributed by atoms with E-state index in [2.05, 4.69) is 10.6 Å². The van der Waals surface area contributed by atoms with Crippen LogP contribution in [0.4, 0.5) is 0 Å². The van der Waals surface area contributed by atoms with Gasteiger partial charge in [0.1, 0.15) is 12.1 Å². The summed E-state index contributed by atoms with van der Waals surface area (Å²) in [6, 6.07) is -3.31. The Balaban J connectivity index is 4.56. The minimum Gasteiger partial charge on any atom is -0.480 e. The summed E-state index contributed by atoms with van der Waals surface area (Å²) in [5.74, 6) is -2.68. The van der Waals surface area contributed by atoms with Gasteiger partial charge in [0.15, 0.2) is 0 Å². The molecule has 10 heteroatoms. The summed E-state index contributed by atoms with van der Waals surface area (Å²) in [5.41, 5.74) is 21.1. The molecule has 0 spiro atoms. The Morgan fingerprint density at radius 2 is 1.37 bits per heavy atom. The maximum atomic E-state index is 11.7. The Hall–Kier alpha value is -1.75. The highest BCUT2D eigenvalue weighted by atomic mass is 16.4. The number of rotatable bonds is 8. The SMILES string of the molecule is NC[C@H](NC(=O)[C@H](CN)NC(=O)[C@@H](N)CN)C(=O)O. The first-order chi connectivity index (χ1) is 8.87. The van der Waals surface area contributed by atoms with Crippen molar-refractivity contribution in [1.82, 2.24) is 10.6 Å². The number of hydrogen-bond acceptors (Lipinski definition) is 7. The van der Waals surface area contributed by atoms with Crippen molar-refractivity contribution in [2.75, 3.05) is 19.6 Å². The minimum absolute atomic E-state index is 0.0920. The van der Waals surface area contributed by atoms with Crippen molar-refractivity contribution in [3.05, 3.63) is 0 Å². The zero-order valence-corrected chi connectivity index (χ0v) is 10.3. The molecule has 19 heavy (non-hydrogen) atoms. The molecular formula is C9H20N6O4. The average molecular weight is 276 g/mol. The molecule has 3 atom stereocenters. The zero-order chi connectivity index (χ0) is 15.0. The van der Waals surface area contributed by atoms with Gasteiger partial charge in [-0.2, -0.15) is 0 Å². The van der Waals surface area contributed by atoms with Gasteiger partial charge in [-0.05, 0) is 0 Å². The van der Waals surface area contributed by atoms with E-state index in [9.17, 15) is 14.4 Å². The molecule has 10 nitrogen and oxygen atoms in total. The normalized spacial score (nSPS) is 15.2. The average Bonchev–Trinajstić information content (AvgIpc) is 2.39. The number of carboxylic acids is 1. The molecule has 0 bridgehead atoms. The summed E-state index contributed by atoms with van der Waals surface area (Å²) >= 11 is 0. The number of amides is 2. The van der Waals surface area contributed by atoms with Crippen molar-refractivity contribution in [3.8, 4) is 0 Å². The van der Waals surface area contributed by atoms with E-state index in [1.54, 1.807) is 0 Å². The van der Waals surface area contributed by atoms with E-state index < -0.39 is 35.9 Å². The van der Waals surface area contributed by atoms with Gasteiger partial charge in [-0.1, -0.05) is 0 Å². The van der Waals surface area contributed by atoms with E-state index in [1.807, 2.05) is 0 Å². The van der Waals surface area contributed by atoms with Crippen LogP contribution in [0.1, 0.15) is 0 Å². The highest BCUT2D eigenvalue weighted by Gasteiger charge is 2.25. The number of carboxylic acid groups (broad SMARTS) is 1. The third-order valence-corrected chi connectivity index (χ3v) is 2.31. The largest absolute Gasteiger partial charge is 0.480 e. The smallest absolute Gasteiger partial charge is 0.327 e. The molecule has 0 heterocycles. The van der Waals surface area contributed by atoms with E-state index >= 15 is 0 Å². The minimum atomic E-state index is -1.28. The van der Waals surface area contributed by atoms with Gasteiger partial charge in [0, 0.05) is 19.6 Å². The lowest BCUT2D eigenvalue weighted by Gasteiger charge is -2.20. The molecule has 0 rings (SSSR count). The molecule has 0 aromatic carbocycles. The van der Waals surface area contributed by atoms with Crippen LogP contribution in [-0.4, -0.2) is 60.6 Å². The van der Waals surface area contributed by atoms with Gasteiger partial charge in [-0.25, -0.2) is 4.79 Å². The van der Waals surface area contributed by atoms with E-state index in [0.717, 1.165) is 0 Å². The number of aliphatic carboxylic acids is 1. The third kappa shape index (κ3) is 5.61. The summed E-state index contributed by atoms with van der Waals surface area (Å²) in [6.45, 7) is -0.592. The fourth-order valence-electron chi connectivity index (χ4n) is 1.11. The summed E-state index contributed by atoms with van der Waals surface area (Å²) in [5, 5.41) is 13.2. The Kier molecular flexibility index (Phi) is 7.60. The molecule has 0 aliphatic carbocycles. The van der Waals surface area contributed by atoms with Crippen LogP contribution in [-0.2, 0) is 14.4 Å². The van der Waals surface area contributed by atoms with Crippen LogP contribution < -0.4 is 33.6 Å². The number of carbonyl (C=O) groups excluding carboxylic acids is 2. The molecule has 0 saturated carbocycles. The van der Waals surface area contributed by atoms with Crippen molar-refractivity contribution >= 4 is 17.8 Å². The predicted octanol–water partition coefficient (Wildman–Crippen LogP) is -4.76. The molecule has 0 aliphatic rings. The van der Waals surface area contributed by atoms with Crippen molar-refractivity contribution in [3.63, 3.8) is 0 Å². The van der Waals surface area contributed by atoms with E-state index in [1.165, 1.54) is 0 Å². The van der Waals surface area contributed by atoms with Gasteiger partial charge >= 0.3 is 5.97 Å². The number of nitrogens with one attached hydrogen (secondary N) is 2. The molecule has 11 N–H and O–H groups in total. The molecular weight excluding hydrogens is 256 g/mol. The predicted molar refractivity (Wildman–Crippen MR) is 66.6 cm³/mol. The van der Waals surface area contributed by atoms with Gasteiger partial charge in [0.2, 0.25) is 11.8 Å². The number of nitrogens with two attached hydrogens (primary N) is 4. The van der Waals surface area contributed by atoms with E-state index in [0.29, 0.717) is 0 Å². The topological polar surface area (TPSA) is 200 Å². The monoisotopic (exact) mass is 276 g/mol. The second-order valence-electron chi connectivity index (χ2n) is 3.77. The van der Waals surface area contributed by atoms with E-state index in [-0.39, 0.29) is 19.6 Å². The molecule has 0 aliphatic heterocycles. The fourth-order valence-corrected chi connectivity index (χ4v) is 1.11. The standard InChI is InChI=1S/C9H20N6O4/c10-1-4(13)7(16)14-5(2-11)8(17)15-6(3-12)9(18)19/h4-6H,1-3,10-13H2,(H,14,16)(H,15,17)(H,18,19)/t4-,5-,6-/m0/s1. The van der Waals surface area contributed by atoms with Crippen molar-refractivity contribution < 1.29 is 19.5 Å². The van der Waals surface area contributed by atoms with Crippen LogP contribution >= 0.6 is 0 Å². The van der Waals surface area contributed by atoms with Crippen molar-refractivity contribution in [1.29, 1.82) is 0 Å². The van der Waals surface area contributed by atoms with Gasteiger partial charge < -0.3 is 38.7 Å². The van der Waals surface area contributed by atoms with Gasteiger partial charge in [-0.15, -0.1) is 0 Å². The second kappa shape index (κ2) is 8.37. The van der Waals surface area contributed by atoms with Crippen LogP contribution in [0.15, 0.2) is 0 Å². The maximum Gasteiger partial charge on any atom is 0.327 e. The molecule has 2 amide bonds. The third-order valence-electron chi connectivity index (χ3n) is 2.31. The lowest BCUT2D eigenvalue weighted by Crippen LogP contribution is -2.58. The molecule has 0 aromatic heterocycles. The summed E-state index contributed by atoms with van der Waals surface area (Å²) in [6.07, 6.45) is 0. The molecule has 0 radical (unpaired) electrons. The second-order valence-corrected chi connectivity index (χ2v) is 3.77. The van der Waals surface area contributed by atoms with Crippen molar-refractivity contribution in [2.24, 2.45) is 22.9 Å². The molecule has 0 unspecified atom stereocenters. The highest BCUT2D eigenvalue weighted by Crippen LogP contribution is 1.88. The Bertz CT molecular complexity index is 337. The Morgan fingerprint density at radius 1 is 0.895 bits per heavy atom. The lowest BCUT2D eigenvalue weighted by atomic mass is 10.2. The van der Waals surface area contributed by atoms with Gasteiger partial charge in [-0.3, -0.25) is 9.59 Å². The van der Waals surface area contributed by atoms with Crippen LogP contribution in [0.25, 0.3) is 0 Å². The fraction of sp³-hybridized carbons (Fsp3) is 0.667. The van der Waals surface area contributed by atoms with Gasteiger partial charge in [0.05, 0.1) is 6.04 Å². The first-order valence-corrected chi connectivity index (χ1v) is 5.56. The Morgan fingerprint density at radius 3 is 1.74 bits per heavy atom. The summed E-state index contributed by atoms with van der Waals surface area (Å²) < 4.78 is 0. The van der Waals surface area contributed by atoms with Gasteiger partial charge in [0.25, 0.3) is 0 Å². The first-order valence-electron chi connectivity index (χ1n) is 5.56. The Labute approximate surface area is 109 Å². The van der Waals surface area contributed by atoms with Crippen LogP contribution in [0, 0.1) is 0 Å². The molecule has 110 valence electrons. The lowest BCUT2D eigenvalue weighted by molar-refractivity contribution is -0.141. The maximum absolute atomic E-state index is 11.7.